The highest BCUT2D eigenvalue weighted by Gasteiger charge is 2.30. The van der Waals surface area contributed by atoms with E-state index in [2.05, 4.69) is 18.7 Å². The average Bonchev–Trinajstić information content (AvgIpc) is 2.27. The Morgan fingerprint density at radius 2 is 1.80 bits per heavy atom. The predicted molar refractivity (Wildman–Crippen MR) is 62.5 cm³/mol. The molecule has 0 bridgehead atoms. The molecule has 15 heavy (non-hydrogen) atoms. The summed E-state index contributed by atoms with van der Waals surface area (Å²) in [5.74, 6) is -0.183. The van der Waals surface area contributed by atoms with E-state index >= 15 is 0 Å². The smallest absolute Gasteiger partial charge is 0.218 e. The molecular weight excluding hydrogens is 188 g/mol. The predicted octanol–water partition coefficient (Wildman–Crippen LogP) is 1.76. The fourth-order valence-corrected chi connectivity index (χ4v) is 2.48. The molecule has 1 fully saturated rings. The average molecular weight is 212 g/mol. The summed E-state index contributed by atoms with van der Waals surface area (Å²) < 4.78 is 0. The molecule has 1 aliphatic heterocycles. The fourth-order valence-electron chi connectivity index (χ4n) is 2.48. The number of piperidine rings is 1. The van der Waals surface area contributed by atoms with Crippen molar-refractivity contribution in [2.45, 2.75) is 46.0 Å². The summed E-state index contributed by atoms with van der Waals surface area (Å²) in [6.45, 7) is 7.70. The first-order chi connectivity index (χ1) is 7.12. The highest BCUT2D eigenvalue weighted by molar-refractivity contribution is 5.73. The lowest BCUT2D eigenvalue weighted by Gasteiger charge is -2.40. The molecule has 0 aromatic rings. The van der Waals surface area contributed by atoms with Crippen LogP contribution in [0.2, 0.25) is 0 Å². The van der Waals surface area contributed by atoms with E-state index in [4.69, 9.17) is 5.73 Å². The Balaban J connectivity index is 2.31. The number of rotatable bonds is 5. The minimum absolute atomic E-state index is 0.183. The number of carbonyl (C=O) groups is 1. The van der Waals surface area contributed by atoms with Crippen molar-refractivity contribution >= 4 is 5.91 Å². The largest absolute Gasteiger partial charge is 0.370 e. The fraction of sp³-hybridized carbons (Fsp3) is 0.917. The lowest BCUT2D eigenvalue weighted by atomic mass is 9.74. The van der Waals surface area contributed by atoms with Crippen molar-refractivity contribution in [3.63, 3.8) is 0 Å². The molecule has 0 unspecified atom stereocenters. The Labute approximate surface area is 93.0 Å². The van der Waals surface area contributed by atoms with E-state index in [0.29, 0.717) is 11.8 Å². The number of hydrogen-bond donors (Lipinski definition) is 1. The molecule has 1 saturated heterocycles. The Bertz CT molecular complexity index is 202. The molecular formula is C12H24N2O. The molecule has 0 aromatic carbocycles. The topological polar surface area (TPSA) is 46.3 Å². The lowest BCUT2D eigenvalue weighted by Crippen LogP contribution is -2.40. The summed E-state index contributed by atoms with van der Waals surface area (Å²) in [4.78, 5) is 13.0. The molecule has 0 aliphatic carbocycles. The van der Waals surface area contributed by atoms with Gasteiger partial charge in [0.25, 0.3) is 0 Å². The maximum Gasteiger partial charge on any atom is 0.218 e. The molecule has 0 radical (unpaired) electrons. The van der Waals surface area contributed by atoms with Crippen molar-refractivity contribution in [1.29, 1.82) is 0 Å². The monoisotopic (exact) mass is 212 g/mol. The third kappa shape index (κ3) is 3.49. The summed E-state index contributed by atoms with van der Waals surface area (Å²) in [6.07, 6.45) is 5.63. The van der Waals surface area contributed by atoms with Gasteiger partial charge in [0.2, 0.25) is 5.91 Å². The Morgan fingerprint density at radius 3 is 2.20 bits per heavy atom. The van der Waals surface area contributed by atoms with Gasteiger partial charge in [0.15, 0.2) is 0 Å². The van der Waals surface area contributed by atoms with Crippen LogP contribution in [-0.2, 0) is 4.79 Å². The van der Waals surface area contributed by atoms with Crippen molar-refractivity contribution in [2.75, 3.05) is 19.6 Å². The lowest BCUT2D eigenvalue weighted by molar-refractivity contribution is -0.118. The Kier molecular flexibility index (Phi) is 4.58. The molecule has 0 atom stereocenters. The number of primary amides is 1. The number of hydrogen-bond acceptors (Lipinski definition) is 2. The van der Waals surface area contributed by atoms with E-state index in [1.165, 1.54) is 25.7 Å². The Morgan fingerprint density at radius 1 is 1.27 bits per heavy atom. The van der Waals surface area contributed by atoms with Crippen LogP contribution in [0.5, 0.6) is 0 Å². The molecule has 3 nitrogen and oxygen atoms in total. The second-order valence-electron chi connectivity index (χ2n) is 4.77. The number of amides is 1. The van der Waals surface area contributed by atoms with E-state index in [1.54, 1.807) is 0 Å². The van der Waals surface area contributed by atoms with Gasteiger partial charge in [0, 0.05) is 13.0 Å². The van der Waals surface area contributed by atoms with Crippen molar-refractivity contribution in [1.82, 2.24) is 4.90 Å². The maximum absolute atomic E-state index is 10.7. The maximum atomic E-state index is 10.7. The van der Waals surface area contributed by atoms with E-state index in [9.17, 15) is 4.79 Å². The van der Waals surface area contributed by atoms with Gasteiger partial charge in [-0.3, -0.25) is 4.79 Å². The third-order valence-corrected chi connectivity index (χ3v) is 4.09. The molecule has 0 spiro atoms. The SMILES string of the molecule is CCC1(CC)CCN(CCC(N)=O)CC1. The first kappa shape index (κ1) is 12.5. The Hall–Kier alpha value is -0.570. The summed E-state index contributed by atoms with van der Waals surface area (Å²) in [5.41, 5.74) is 5.72. The van der Waals surface area contributed by atoms with Gasteiger partial charge in [-0.15, -0.1) is 0 Å². The van der Waals surface area contributed by atoms with E-state index < -0.39 is 0 Å². The van der Waals surface area contributed by atoms with Gasteiger partial charge in [-0.1, -0.05) is 26.7 Å². The van der Waals surface area contributed by atoms with Crippen LogP contribution in [-0.4, -0.2) is 30.4 Å². The van der Waals surface area contributed by atoms with Crippen LogP contribution in [0.4, 0.5) is 0 Å². The van der Waals surface area contributed by atoms with Crippen molar-refractivity contribution in [3.8, 4) is 0 Å². The zero-order valence-corrected chi connectivity index (χ0v) is 10.1. The minimum Gasteiger partial charge on any atom is -0.370 e. The second kappa shape index (κ2) is 5.50. The van der Waals surface area contributed by atoms with Gasteiger partial charge in [-0.2, -0.15) is 0 Å². The van der Waals surface area contributed by atoms with Crippen LogP contribution >= 0.6 is 0 Å². The number of nitrogens with zero attached hydrogens (tertiary/aromatic N) is 1. The molecule has 0 aromatic heterocycles. The van der Waals surface area contributed by atoms with Gasteiger partial charge in [-0.25, -0.2) is 0 Å². The quantitative estimate of drug-likeness (QED) is 0.755. The van der Waals surface area contributed by atoms with Crippen LogP contribution < -0.4 is 5.73 Å². The van der Waals surface area contributed by atoms with Crippen LogP contribution in [0.15, 0.2) is 0 Å². The van der Waals surface area contributed by atoms with Crippen LogP contribution in [0.1, 0.15) is 46.0 Å². The zero-order valence-electron chi connectivity index (χ0n) is 10.1. The van der Waals surface area contributed by atoms with E-state index in [0.717, 1.165) is 19.6 Å². The second-order valence-corrected chi connectivity index (χ2v) is 4.77. The molecule has 1 rings (SSSR count). The molecule has 0 saturated carbocycles. The summed E-state index contributed by atoms with van der Waals surface area (Å²) in [7, 11) is 0. The number of nitrogens with two attached hydrogens (primary N) is 1. The van der Waals surface area contributed by atoms with Gasteiger partial charge < -0.3 is 10.6 Å². The normalized spacial score (nSPS) is 21.5. The molecule has 1 heterocycles. The highest BCUT2D eigenvalue weighted by atomic mass is 16.1. The van der Waals surface area contributed by atoms with E-state index in [1.807, 2.05) is 0 Å². The summed E-state index contributed by atoms with van der Waals surface area (Å²) >= 11 is 0. The van der Waals surface area contributed by atoms with Crippen molar-refractivity contribution < 1.29 is 4.79 Å². The standard InChI is InChI=1S/C12H24N2O/c1-3-12(4-2)6-9-14(10-7-12)8-5-11(13)15/h3-10H2,1-2H3,(H2,13,15). The third-order valence-electron chi connectivity index (χ3n) is 4.09. The summed E-state index contributed by atoms with van der Waals surface area (Å²) in [6, 6.07) is 0. The van der Waals surface area contributed by atoms with Gasteiger partial charge >= 0.3 is 0 Å². The molecule has 1 aliphatic rings. The first-order valence-electron chi connectivity index (χ1n) is 6.12. The van der Waals surface area contributed by atoms with Crippen LogP contribution in [0, 0.1) is 5.41 Å². The van der Waals surface area contributed by atoms with Crippen molar-refractivity contribution in [2.24, 2.45) is 11.1 Å². The van der Waals surface area contributed by atoms with Crippen LogP contribution in [0.25, 0.3) is 0 Å². The number of carbonyl (C=O) groups excluding carboxylic acids is 1. The van der Waals surface area contributed by atoms with Gasteiger partial charge in [-0.05, 0) is 31.3 Å². The van der Waals surface area contributed by atoms with E-state index in [-0.39, 0.29) is 5.91 Å². The molecule has 2 N–H and O–H groups in total. The first-order valence-corrected chi connectivity index (χ1v) is 6.12. The zero-order chi connectivity index (χ0) is 11.3. The molecule has 1 amide bonds. The van der Waals surface area contributed by atoms with Gasteiger partial charge in [0.1, 0.15) is 0 Å². The number of likely N-dealkylation sites (tertiary alicyclic amines) is 1. The summed E-state index contributed by atoms with van der Waals surface area (Å²) in [5, 5.41) is 0. The minimum atomic E-state index is -0.183. The molecule has 88 valence electrons. The molecule has 3 heteroatoms. The van der Waals surface area contributed by atoms with Gasteiger partial charge in [0.05, 0.1) is 0 Å². The van der Waals surface area contributed by atoms with Crippen molar-refractivity contribution in [3.05, 3.63) is 0 Å². The van der Waals surface area contributed by atoms with Crippen LogP contribution in [0.3, 0.4) is 0 Å². The highest BCUT2D eigenvalue weighted by Crippen LogP contribution is 2.37.